The van der Waals surface area contributed by atoms with Crippen LogP contribution in [0, 0.1) is 12.3 Å². The van der Waals surface area contributed by atoms with Gasteiger partial charge in [0.2, 0.25) is 5.91 Å². The van der Waals surface area contributed by atoms with Gasteiger partial charge in [0.05, 0.1) is 23.3 Å². The number of esters is 2. The van der Waals surface area contributed by atoms with Crippen LogP contribution in [-0.4, -0.2) is 42.6 Å². The van der Waals surface area contributed by atoms with Crippen molar-refractivity contribution in [1.29, 1.82) is 0 Å². The average molecular weight is 490 g/mol. The SMILES string of the molecule is CCOC(=O)C1=C(COC(=O)C2(CC(=O)NC(C)(C)C)CCCC2)NC(=O)NC1c1ccc(C)o1. The Kier molecular flexibility index (Phi) is 7.92. The van der Waals surface area contributed by atoms with Crippen LogP contribution in [0.3, 0.4) is 0 Å². The number of hydrogen-bond donors (Lipinski definition) is 3. The quantitative estimate of drug-likeness (QED) is 0.477. The Balaban J connectivity index is 1.84. The zero-order valence-electron chi connectivity index (χ0n) is 21.0. The summed E-state index contributed by atoms with van der Waals surface area (Å²) in [4.78, 5) is 51.1. The summed E-state index contributed by atoms with van der Waals surface area (Å²) in [6, 6.07) is 1.92. The van der Waals surface area contributed by atoms with Crippen LogP contribution in [-0.2, 0) is 23.9 Å². The maximum Gasteiger partial charge on any atom is 0.338 e. The van der Waals surface area contributed by atoms with Crippen molar-refractivity contribution >= 4 is 23.9 Å². The molecule has 1 aromatic rings. The van der Waals surface area contributed by atoms with Crippen molar-refractivity contribution in [2.45, 2.75) is 78.3 Å². The van der Waals surface area contributed by atoms with Crippen LogP contribution in [0.1, 0.15) is 77.4 Å². The first kappa shape index (κ1) is 26.3. The summed E-state index contributed by atoms with van der Waals surface area (Å²) in [7, 11) is 0. The van der Waals surface area contributed by atoms with Crippen molar-refractivity contribution < 1.29 is 33.1 Å². The molecule has 3 amide bonds. The lowest BCUT2D eigenvalue weighted by Crippen LogP contribution is -2.47. The smallest absolute Gasteiger partial charge is 0.338 e. The normalized spacial score (nSPS) is 19.6. The first-order chi connectivity index (χ1) is 16.4. The van der Waals surface area contributed by atoms with Crippen molar-refractivity contribution in [1.82, 2.24) is 16.0 Å². The molecule has 2 heterocycles. The molecule has 1 aliphatic carbocycles. The van der Waals surface area contributed by atoms with Gasteiger partial charge in [0.25, 0.3) is 0 Å². The van der Waals surface area contributed by atoms with E-state index in [0.717, 1.165) is 12.8 Å². The molecule has 10 heteroatoms. The van der Waals surface area contributed by atoms with E-state index in [-0.39, 0.29) is 36.8 Å². The van der Waals surface area contributed by atoms with E-state index in [0.29, 0.717) is 24.4 Å². The van der Waals surface area contributed by atoms with Gasteiger partial charge in [0.1, 0.15) is 24.2 Å². The Morgan fingerprint density at radius 3 is 2.43 bits per heavy atom. The summed E-state index contributed by atoms with van der Waals surface area (Å²) in [5.41, 5.74) is -1.14. The Morgan fingerprint density at radius 1 is 1.17 bits per heavy atom. The van der Waals surface area contributed by atoms with E-state index in [9.17, 15) is 19.2 Å². The highest BCUT2D eigenvalue weighted by Gasteiger charge is 2.45. The van der Waals surface area contributed by atoms with Gasteiger partial charge in [-0.05, 0) is 59.6 Å². The van der Waals surface area contributed by atoms with Crippen LogP contribution in [0.15, 0.2) is 27.8 Å². The summed E-state index contributed by atoms with van der Waals surface area (Å²) >= 11 is 0. The molecule has 0 saturated heterocycles. The molecule has 3 N–H and O–H groups in total. The average Bonchev–Trinajstić information content (AvgIpc) is 3.40. The number of ether oxygens (including phenoxy) is 2. The van der Waals surface area contributed by atoms with E-state index in [1.54, 1.807) is 26.0 Å². The summed E-state index contributed by atoms with van der Waals surface area (Å²) < 4.78 is 16.5. The second-order valence-electron chi connectivity index (χ2n) is 10.1. The van der Waals surface area contributed by atoms with Crippen molar-refractivity contribution in [2.75, 3.05) is 13.2 Å². The predicted octanol–water partition coefficient (Wildman–Crippen LogP) is 3.17. The van der Waals surface area contributed by atoms with E-state index >= 15 is 0 Å². The van der Waals surface area contributed by atoms with Crippen LogP contribution in [0.25, 0.3) is 0 Å². The molecule has 10 nitrogen and oxygen atoms in total. The monoisotopic (exact) mass is 489 g/mol. The third-order valence-corrected chi connectivity index (χ3v) is 6.05. The van der Waals surface area contributed by atoms with Gasteiger partial charge in [-0.15, -0.1) is 0 Å². The van der Waals surface area contributed by atoms with Gasteiger partial charge in [0, 0.05) is 12.0 Å². The minimum atomic E-state index is -0.936. The molecule has 192 valence electrons. The highest BCUT2D eigenvalue weighted by atomic mass is 16.5. The number of nitrogens with one attached hydrogen (secondary N) is 3. The Bertz CT molecular complexity index is 1010. The van der Waals surface area contributed by atoms with E-state index in [4.69, 9.17) is 13.9 Å². The van der Waals surface area contributed by atoms with Gasteiger partial charge >= 0.3 is 18.0 Å². The second kappa shape index (κ2) is 10.5. The fourth-order valence-corrected chi connectivity index (χ4v) is 4.57. The fourth-order valence-electron chi connectivity index (χ4n) is 4.57. The van der Waals surface area contributed by atoms with E-state index in [2.05, 4.69) is 16.0 Å². The number of amides is 3. The summed E-state index contributed by atoms with van der Waals surface area (Å²) in [6.07, 6.45) is 2.73. The molecule has 1 aliphatic heterocycles. The number of rotatable bonds is 8. The fraction of sp³-hybridized carbons (Fsp3) is 0.600. The van der Waals surface area contributed by atoms with Crippen LogP contribution < -0.4 is 16.0 Å². The lowest BCUT2D eigenvalue weighted by Gasteiger charge is -2.30. The van der Waals surface area contributed by atoms with E-state index < -0.39 is 35.0 Å². The highest BCUT2D eigenvalue weighted by Crippen LogP contribution is 2.42. The van der Waals surface area contributed by atoms with Gasteiger partial charge in [-0.2, -0.15) is 0 Å². The molecule has 0 spiro atoms. The van der Waals surface area contributed by atoms with Crippen LogP contribution >= 0.6 is 0 Å². The molecule has 1 fully saturated rings. The largest absolute Gasteiger partial charge is 0.464 e. The van der Waals surface area contributed by atoms with Gasteiger partial charge < -0.3 is 29.8 Å². The molecule has 1 saturated carbocycles. The highest BCUT2D eigenvalue weighted by molar-refractivity contribution is 5.95. The Hall–Kier alpha value is -3.30. The predicted molar refractivity (Wildman–Crippen MR) is 126 cm³/mol. The van der Waals surface area contributed by atoms with Gasteiger partial charge in [-0.25, -0.2) is 9.59 Å². The lowest BCUT2D eigenvalue weighted by molar-refractivity contribution is -0.157. The molecule has 1 aromatic heterocycles. The third kappa shape index (κ3) is 6.43. The van der Waals surface area contributed by atoms with Crippen molar-refractivity contribution in [3.63, 3.8) is 0 Å². The minimum absolute atomic E-state index is 0.0229. The molecular weight excluding hydrogens is 454 g/mol. The molecule has 35 heavy (non-hydrogen) atoms. The van der Waals surface area contributed by atoms with Crippen molar-refractivity contribution in [3.05, 3.63) is 34.9 Å². The van der Waals surface area contributed by atoms with Crippen molar-refractivity contribution in [3.8, 4) is 0 Å². The minimum Gasteiger partial charge on any atom is -0.464 e. The first-order valence-corrected chi connectivity index (χ1v) is 12.0. The topological polar surface area (TPSA) is 136 Å². The second-order valence-corrected chi connectivity index (χ2v) is 10.1. The number of urea groups is 1. The number of furan rings is 1. The molecular formula is C25H35N3O7. The molecule has 0 bridgehead atoms. The first-order valence-electron chi connectivity index (χ1n) is 12.0. The van der Waals surface area contributed by atoms with Crippen LogP contribution in [0.2, 0.25) is 0 Å². The zero-order chi connectivity index (χ0) is 25.8. The Morgan fingerprint density at radius 2 is 1.86 bits per heavy atom. The summed E-state index contributed by atoms with van der Waals surface area (Å²) in [5.74, 6) is -0.430. The standard InChI is InChI=1S/C25H35N3O7/c1-6-33-21(30)19-16(26-23(32)27-20(19)17-10-9-15(2)35-17)14-34-22(31)25(11-7-8-12-25)13-18(29)28-24(3,4)5/h9-10,20H,6-8,11-14H2,1-5H3,(H,28,29)(H2,26,27,32). The number of carbonyl (C=O) groups excluding carboxylic acids is 4. The molecule has 1 atom stereocenters. The number of carbonyl (C=O) groups is 4. The van der Waals surface area contributed by atoms with Gasteiger partial charge in [0.15, 0.2) is 0 Å². The molecule has 0 radical (unpaired) electrons. The van der Waals surface area contributed by atoms with Crippen LogP contribution in [0.5, 0.6) is 0 Å². The molecule has 0 aromatic carbocycles. The molecule has 3 rings (SSSR count). The van der Waals surface area contributed by atoms with E-state index in [1.807, 2.05) is 20.8 Å². The van der Waals surface area contributed by atoms with E-state index in [1.165, 1.54) is 0 Å². The maximum atomic E-state index is 13.3. The molecule has 2 aliphatic rings. The van der Waals surface area contributed by atoms with Gasteiger partial charge in [-0.3, -0.25) is 9.59 Å². The zero-order valence-corrected chi connectivity index (χ0v) is 21.0. The number of hydrogen-bond acceptors (Lipinski definition) is 7. The van der Waals surface area contributed by atoms with Crippen LogP contribution in [0.4, 0.5) is 4.79 Å². The Labute approximate surface area is 205 Å². The number of aryl methyl sites for hydroxylation is 1. The molecule has 1 unspecified atom stereocenters. The van der Waals surface area contributed by atoms with Crippen molar-refractivity contribution in [2.24, 2.45) is 5.41 Å². The summed E-state index contributed by atoms with van der Waals surface area (Å²) in [5, 5.41) is 8.15. The van der Waals surface area contributed by atoms with Gasteiger partial charge in [-0.1, -0.05) is 12.8 Å². The maximum absolute atomic E-state index is 13.3. The lowest BCUT2D eigenvalue weighted by atomic mass is 9.82. The third-order valence-electron chi connectivity index (χ3n) is 6.05. The summed E-state index contributed by atoms with van der Waals surface area (Å²) in [6.45, 7) is 8.84.